The number of oxime groups is 1. The molecule has 50 heavy (non-hydrogen) atoms. The van der Waals surface area contributed by atoms with Gasteiger partial charge in [0.25, 0.3) is 5.12 Å². The number of hydrogen-bond acceptors (Lipinski definition) is 12. The third-order valence-electron chi connectivity index (χ3n) is 7.15. The first kappa shape index (κ1) is 35.8. The van der Waals surface area contributed by atoms with Gasteiger partial charge in [-0.1, -0.05) is 96.2 Å². The minimum absolute atomic E-state index is 0.0756. The van der Waals surface area contributed by atoms with E-state index in [-0.39, 0.29) is 29.7 Å². The molecule has 0 radical (unpaired) electrons. The van der Waals surface area contributed by atoms with Crippen LogP contribution in [-0.2, 0) is 26.5 Å². The lowest BCUT2D eigenvalue weighted by Crippen LogP contribution is -2.41. The van der Waals surface area contributed by atoms with E-state index in [0.29, 0.717) is 16.9 Å². The fraction of sp³-hybridized carbons (Fsp3) is 0.229. The van der Waals surface area contributed by atoms with Crippen LogP contribution in [0.3, 0.4) is 0 Å². The van der Waals surface area contributed by atoms with Crippen LogP contribution in [0.5, 0.6) is 0 Å². The number of amides is 1. The summed E-state index contributed by atoms with van der Waals surface area (Å²) in [4.78, 5) is 60.5. The van der Waals surface area contributed by atoms with Gasteiger partial charge in [-0.3, -0.25) is 19.0 Å². The Labute approximate surface area is 295 Å². The number of hydrogen-bond donors (Lipinski definition) is 3. The van der Waals surface area contributed by atoms with Gasteiger partial charge >= 0.3 is 17.2 Å². The molecule has 0 saturated heterocycles. The van der Waals surface area contributed by atoms with Gasteiger partial charge in [0.1, 0.15) is 23.9 Å². The summed E-state index contributed by atoms with van der Waals surface area (Å²) in [5.74, 6) is 0. The standard InChI is InChI=1S/C35H35N7O6S2/c1-34(2,3)48-33(46)36-20-21-42-29(44)28(43)39-40-32(42)50-30(45)27(41-47-4)26-22-49-31(37-26)38-35(23-14-8-5-9-15-23,24-16-10-6-11-17-24)25-18-12-7-13-19-25/h5-19,22H,20-21H2,1-4H3,(H,36,46)(H,37,38)(H,39,43)/b41-27-. The van der Waals surface area contributed by atoms with Gasteiger partial charge in [-0.25, -0.2) is 14.9 Å². The number of thiazole rings is 1. The first-order valence-corrected chi connectivity index (χ1v) is 17.1. The fourth-order valence-electron chi connectivity index (χ4n) is 5.07. The van der Waals surface area contributed by atoms with Crippen molar-refractivity contribution in [2.45, 2.75) is 43.6 Å². The maximum Gasteiger partial charge on any atom is 0.407 e. The number of carbonyl (C=O) groups excluding carboxylic acids is 2. The maximum absolute atomic E-state index is 13.7. The Bertz CT molecular complexity index is 1980. The molecule has 2 heterocycles. The van der Waals surface area contributed by atoms with Crippen LogP contribution in [0.1, 0.15) is 43.2 Å². The second-order valence-electron chi connectivity index (χ2n) is 11.7. The molecule has 258 valence electrons. The van der Waals surface area contributed by atoms with Gasteiger partial charge in [0.2, 0.25) is 0 Å². The van der Waals surface area contributed by atoms with Gasteiger partial charge in [0.05, 0.1) is 0 Å². The van der Waals surface area contributed by atoms with Crippen molar-refractivity contribution in [2.75, 3.05) is 19.0 Å². The zero-order valence-electron chi connectivity index (χ0n) is 27.7. The van der Waals surface area contributed by atoms with Crippen molar-refractivity contribution < 1.29 is 19.2 Å². The molecular weight excluding hydrogens is 679 g/mol. The number of benzene rings is 3. The number of aromatic nitrogens is 4. The van der Waals surface area contributed by atoms with Crippen LogP contribution in [0.4, 0.5) is 9.93 Å². The van der Waals surface area contributed by atoms with Crippen LogP contribution in [0.25, 0.3) is 0 Å². The molecule has 2 aromatic heterocycles. The number of thioether (sulfide) groups is 1. The van der Waals surface area contributed by atoms with Crippen LogP contribution >= 0.6 is 23.1 Å². The monoisotopic (exact) mass is 713 g/mol. The van der Waals surface area contributed by atoms with E-state index in [9.17, 15) is 19.2 Å². The molecule has 0 saturated carbocycles. The van der Waals surface area contributed by atoms with Crippen LogP contribution < -0.4 is 21.8 Å². The molecule has 0 aliphatic rings. The molecule has 0 spiro atoms. The Morgan fingerprint density at radius 1 is 0.920 bits per heavy atom. The number of aromatic amines is 1. The number of rotatable bonds is 12. The Balaban J connectivity index is 1.45. The van der Waals surface area contributed by atoms with E-state index in [4.69, 9.17) is 14.6 Å². The van der Waals surface area contributed by atoms with Gasteiger partial charge in [-0.2, -0.15) is 0 Å². The van der Waals surface area contributed by atoms with Gasteiger partial charge < -0.3 is 20.2 Å². The number of alkyl carbamates (subject to hydrolysis) is 1. The second kappa shape index (κ2) is 15.8. The Morgan fingerprint density at radius 3 is 2.00 bits per heavy atom. The van der Waals surface area contributed by atoms with E-state index in [1.807, 2.05) is 91.0 Å². The molecule has 3 N–H and O–H groups in total. The maximum atomic E-state index is 13.7. The second-order valence-corrected chi connectivity index (χ2v) is 13.5. The third-order valence-corrected chi connectivity index (χ3v) is 8.78. The highest BCUT2D eigenvalue weighted by molar-refractivity contribution is 8.15. The molecule has 15 heteroatoms. The van der Waals surface area contributed by atoms with Crippen LogP contribution in [-0.4, -0.2) is 55.9 Å². The highest BCUT2D eigenvalue weighted by Gasteiger charge is 2.37. The first-order valence-electron chi connectivity index (χ1n) is 15.4. The number of carbonyl (C=O) groups is 2. The van der Waals surface area contributed by atoms with Crippen molar-refractivity contribution in [2.24, 2.45) is 5.16 Å². The van der Waals surface area contributed by atoms with Gasteiger partial charge in [0, 0.05) is 18.5 Å². The van der Waals surface area contributed by atoms with E-state index < -0.39 is 33.5 Å². The Morgan fingerprint density at radius 2 is 1.48 bits per heavy atom. The minimum Gasteiger partial charge on any atom is -0.444 e. The normalized spacial score (nSPS) is 11.9. The lowest BCUT2D eigenvalue weighted by atomic mass is 9.77. The first-order chi connectivity index (χ1) is 24.0. The van der Waals surface area contributed by atoms with E-state index >= 15 is 0 Å². The number of nitrogens with zero attached hydrogens (tertiary/aromatic N) is 4. The van der Waals surface area contributed by atoms with Crippen molar-refractivity contribution in [1.82, 2.24) is 25.1 Å². The molecule has 0 aliphatic carbocycles. The average molecular weight is 714 g/mol. The molecule has 0 bridgehead atoms. The van der Waals surface area contributed by atoms with Crippen molar-refractivity contribution >= 4 is 45.2 Å². The van der Waals surface area contributed by atoms with Crippen molar-refractivity contribution in [1.29, 1.82) is 0 Å². The van der Waals surface area contributed by atoms with Crippen LogP contribution in [0.15, 0.2) is 116 Å². The summed E-state index contributed by atoms with van der Waals surface area (Å²) >= 11 is 1.82. The molecule has 0 aliphatic heterocycles. The highest BCUT2D eigenvalue weighted by atomic mass is 32.2. The van der Waals surface area contributed by atoms with Crippen molar-refractivity contribution in [3.63, 3.8) is 0 Å². The average Bonchev–Trinajstić information content (AvgIpc) is 3.57. The predicted molar refractivity (Wildman–Crippen MR) is 193 cm³/mol. The fourth-order valence-corrected chi connectivity index (χ4v) is 6.60. The van der Waals surface area contributed by atoms with Crippen LogP contribution in [0, 0.1) is 0 Å². The quantitative estimate of drug-likeness (QED) is 0.0527. The smallest absolute Gasteiger partial charge is 0.407 e. The summed E-state index contributed by atoms with van der Waals surface area (Å²) in [6.45, 7) is 4.90. The Hall–Kier alpha value is -5.54. The van der Waals surface area contributed by atoms with Gasteiger partial charge in [0.15, 0.2) is 16.0 Å². The van der Waals surface area contributed by atoms with E-state index in [1.165, 1.54) is 18.4 Å². The van der Waals surface area contributed by atoms with E-state index in [0.717, 1.165) is 21.3 Å². The zero-order valence-corrected chi connectivity index (χ0v) is 29.3. The SMILES string of the molecule is CO/N=C(\C(=O)Sc1n[nH]c(=O)c(=O)n1CCNC(=O)OC(C)(C)C)c1csc(NC(c2ccccc2)(c2ccccc2)c2ccccc2)n1. The van der Waals surface area contributed by atoms with Crippen LogP contribution in [0.2, 0.25) is 0 Å². The van der Waals surface area contributed by atoms with Crippen molar-refractivity contribution in [3.05, 3.63) is 139 Å². The van der Waals surface area contributed by atoms with Gasteiger partial charge in [-0.15, -0.1) is 16.4 Å². The summed E-state index contributed by atoms with van der Waals surface area (Å²) in [6.07, 6.45) is -0.702. The molecule has 0 unspecified atom stereocenters. The summed E-state index contributed by atoms with van der Waals surface area (Å²) < 4.78 is 6.21. The molecule has 0 atom stereocenters. The highest BCUT2D eigenvalue weighted by Crippen LogP contribution is 2.40. The van der Waals surface area contributed by atoms with Crippen molar-refractivity contribution in [3.8, 4) is 0 Å². The molecule has 1 amide bonds. The molecule has 5 aromatic rings. The summed E-state index contributed by atoms with van der Waals surface area (Å²) in [5.41, 5.74) is -0.563. The number of nitrogens with one attached hydrogen (secondary N) is 3. The minimum atomic E-state index is -0.987. The lowest BCUT2D eigenvalue weighted by molar-refractivity contribution is -0.105. The molecule has 13 nitrogen and oxygen atoms in total. The Kier molecular flexibility index (Phi) is 11.3. The summed E-state index contributed by atoms with van der Waals surface area (Å²) in [5, 5.41) is 17.6. The number of ether oxygens (including phenoxy) is 1. The molecule has 3 aromatic carbocycles. The number of H-pyrrole nitrogens is 1. The molecule has 0 fully saturated rings. The summed E-state index contributed by atoms with van der Waals surface area (Å²) in [6, 6.07) is 30.0. The largest absolute Gasteiger partial charge is 0.444 e. The van der Waals surface area contributed by atoms with E-state index in [2.05, 4.69) is 26.0 Å². The predicted octanol–water partition coefficient (Wildman–Crippen LogP) is 4.99. The topological polar surface area (TPSA) is 170 Å². The summed E-state index contributed by atoms with van der Waals surface area (Å²) in [7, 11) is 1.30. The number of anilines is 1. The van der Waals surface area contributed by atoms with E-state index in [1.54, 1.807) is 26.2 Å². The lowest BCUT2D eigenvalue weighted by Gasteiger charge is -2.36. The zero-order chi connectivity index (χ0) is 35.7. The molecule has 5 rings (SSSR count). The van der Waals surface area contributed by atoms with Gasteiger partial charge in [-0.05, 0) is 49.2 Å². The molecular formula is C35H35N7O6S2. The third kappa shape index (κ3) is 8.36.